The SMILES string of the molecule is COc1ccc([C@@H](C(=O)NC2CCCCC2)N(Cc2cccc(OC)c2)C(=O)Cc2cccs2)cc1. The molecule has 0 unspecified atom stereocenters. The highest BCUT2D eigenvalue weighted by molar-refractivity contribution is 7.10. The fourth-order valence-electron chi connectivity index (χ4n) is 4.74. The summed E-state index contributed by atoms with van der Waals surface area (Å²) in [5.41, 5.74) is 1.66. The number of hydrogen-bond acceptors (Lipinski definition) is 5. The van der Waals surface area contributed by atoms with E-state index in [1.807, 2.05) is 66.0 Å². The van der Waals surface area contributed by atoms with Gasteiger partial charge in [-0.2, -0.15) is 0 Å². The van der Waals surface area contributed by atoms with Gasteiger partial charge in [-0.1, -0.05) is 49.6 Å². The van der Waals surface area contributed by atoms with Crippen LogP contribution in [0.3, 0.4) is 0 Å². The van der Waals surface area contributed by atoms with Crippen molar-refractivity contribution in [3.63, 3.8) is 0 Å². The van der Waals surface area contributed by atoms with Gasteiger partial charge in [-0.25, -0.2) is 0 Å². The topological polar surface area (TPSA) is 67.9 Å². The van der Waals surface area contributed by atoms with Crippen LogP contribution >= 0.6 is 11.3 Å². The first kappa shape index (κ1) is 25.8. The Balaban J connectivity index is 1.70. The maximum absolute atomic E-state index is 13.9. The molecule has 2 aromatic carbocycles. The van der Waals surface area contributed by atoms with Crippen LogP contribution in [0, 0.1) is 0 Å². The van der Waals surface area contributed by atoms with Crippen molar-refractivity contribution in [1.29, 1.82) is 0 Å². The predicted octanol–water partition coefficient (Wildman–Crippen LogP) is 5.53. The van der Waals surface area contributed by atoms with Crippen LogP contribution in [0.4, 0.5) is 0 Å². The number of ether oxygens (including phenoxy) is 2. The molecule has 6 nitrogen and oxygen atoms in total. The van der Waals surface area contributed by atoms with E-state index in [1.54, 1.807) is 30.5 Å². The first-order valence-electron chi connectivity index (χ1n) is 12.5. The molecule has 1 atom stereocenters. The largest absolute Gasteiger partial charge is 0.497 e. The highest BCUT2D eigenvalue weighted by Gasteiger charge is 2.33. The lowest BCUT2D eigenvalue weighted by molar-refractivity contribution is -0.141. The van der Waals surface area contributed by atoms with E-state index in [2.05, 4.69) is 5.32 Å². The van der Waals surface area contributed by atoms with E-state index in [4.69, 9.17) is 9.47 Å². The summed E-state index contributed by atoms with van der Waals surface area (Å²) in [4.78, 5) is 30.3. The Kier molecular flexibility index (Phi) is 9.01. The van der Waals surface area contributed by atoms with Crippen LogP contribution in [0.5, 0.6) is 11.5 Å². The second kappa shape index (κ2) is 12.6. The summed E-state index contributed by atoms with van der Waals surface area (Å²) in [6, 6.07) is 18.3. The lowest BCUT2D eigenvalue weighted by atomic mass is 9.94. The molecule has 1 aliphatic carbocycles. The standard InChI is InChI=1S/C29H34N2O4S/c1-34-24-15-13-22(14-16-24)28(29(33)30-23-9-4-3-5-10-23)31(27(32)19-26-12-7-17-36-26)20-21-8-6-11-25(18-21)35-2/h6-8,11-18,23,28H,3-5,9-10,19-20H2,1-2H3,(H,30,33)/t28-/m0/s1. The lowest BCUT2D eigenvalue weighted by Gasteiger charge is -2.33. The molecule has 190 valence electrons. The van der Waals surface area contributed by atoms with Crippen molar-refractivity contribution >= 4 is 23.2 Å². The van der Waals surface area contributed by atoms with Crippen LogP contribution in [0.15, 0.2) is 66.0 Å². The number of thiophene rings is 1. The Bertz CT molecular complexity index is 1120. The van der Waals surface area contributed by atoms with Crippen LogP contribution in [0.25, 0.3) is 0 Å². The number of carbonyl (C=O) groups excluding carboxylic acids is 2. The molecule has 0 aliphatic heterocycles. The summed E-state index contributed by atoms with van der Waals surface area (Å²) in [7, 11) is 3.23. The molecule has 1 aromatic heterocycles. The first-order valence-corrected chi connectivity index (χ1v) is 13.3. The van der Waals surface area contributed by atoms with Gasteiger partial charge in [0.05, 0.1) is 20.6 Å². The van der Waals surface area contributed by atoms with Gasteiger partial charge in [-0.15, -0.1) is 11.3 Å². The monoisotopic (exact) mass is 506 g/mol. The van der Waals surface area contributed by atoms with Crippen molar-refractivity contribution in [3.8, 4) is 11.5 Å². The van der Waals surface area contributed by atoms with Gasteiger partial charge >= 0.3 is 0 Å². The normalized spacial score (nSPS) is 14.6. The first-order chi connectivity index (χ1) is 17.6. The zero-order valence-corrected chi connectivity index (χ0v) is 21.8. The van der Waals surface area contributed by atoms with Crippen LogP contribution in [0.1, 0.15) is 54.1 Å². The zero-order valence-electron chi connectivity index (χ0n) is 20.9. The van der Waals surface area contributed by atoms with E-state index in [9.17, 15) is 9.59 Å². The molecule has 2 amide bonds. The second-order valence-electron chi connectivity index (χ2n) is 9.15. The van der Waals surface area contributed by atoms with Crippen LogP contribution < -0.4 is 14.8 Å². The number of nitrogens with zero attached hydrogens (tertiary/aromatic N) is 1. The van der Waals surface area contributed by atoms with Gasteiger partial charge < -0.3 is 19.7 Å². The van der Waals surface area contributed by atoms with Crippen LogP contribution in [0.2, 0.25) is 0 Å². The van der Waals surface area contributed by atoms with E-state index in [-0.39, 0.29) is 30.8 Å². The Morgan fingerprint density at radius 3 is 2.39 bits per heavy atom. The lowest BCUT2D eigenvalue weighted by Crippen LogP contribution is -2.47. The number of benzene rings is 2. The van der Waals surface area contributed by atoms with Gasteiger partial charge in [-0.3, -0.25) is 9.59 Å². The minimum Gasteiger partial charge on any atom is -0.497 e. The molecule has 7 heteroatoms. The average Bonchev–Trinajstić information content (AvgIpc) is 3.42. The molecular formula is C29H34N2O4S. The molecule has 0 bridgehead atoms. The summed E-state index contributed by atoms with van der Waals surface area (Å²) >= 11 is 1.55. The molecule has 36 heavy (non-hydrogen) atoms. The zero-order chi connectivity index (χ0) is 25.3. The van der Waals surface area contributed by atoms with Crippen molar-refractivity contribution in [2.75, 3.05) is 14.2 Å². The van der Waals surface area contributed by atoms with E-state index in [0.717, 1.165) is 41.7 Å². The molecule has 4 rings (SSSR count). The van der Waals surface area contributed by atoms with Crippen LogP contribution in [-0.4, -0.2) is 37.0 Å². The molecule has 1 N–H and O–H groups in total. The van der Waals surface area contributed by atoms with Crippen LogP contribution in [-0.2, 0) is 22.6 Å². The van der Waals surface area contributed by atoms with Crippen molar-refractivity contribution in [3.05, 3.63) is 82.0 Å². The van der Waals surface area contributed by atoms with Gasteiger partial charge in [0.1, 0.15) is 17.5 Å². The summed E-state index contributed by atoms with van der Waals surface area (Å²) < 4.78 is 10.7. The molecule has 1 heterocycles. The molecule has 0 spiro atoms. The van der Waals surface area contributed by atoms with E-state index < -0.39 is 6.04 Å². The molecule has 0 saturated heterocycles. The van der Waals surface area contributed by atoms with Crippen molar-refractivity contribution in [2.24, 2.45) is 0 Å². The van der Waals surface area contributed by atoms with E-state index in [0.29, 0.717) is 11.5 Å². The number of hydrogen-bond donors (Lipinski definition) is 1. The quantitative estimate of drug-likeness (QED) is 0.393. The van der Waals surface area contributed by atoms with Crippen molar-refractivity contribution < 1.29 is 19.1 Å². The van der Waals surface area contributed by atoms with Crippen molar-refractivity contribution in [1.82, 2.24) is 10.2 Å². The Morgan fingerprint density at radius 2 is 1.72 bits per heavy atom. The fraction of sp³-hybridized carbons (Fsp3) is 0.379. The fourth-order valence-corrected chi connectivity index (χ4v) is 5.44. The second-order valence-corrected chi connectivity index (χ2v) is 10.2. The number of methoxy groups -OCH3 is 2. The maximum atomic E-state index is 13.9. The highest BCUT2D eigenvalue weighted by atomic mass is 32.1. The van der Waals surface area contributed by atoms with E-state index >= 15 is 0 Å². The smallest absolute Gasteiger partial charge is 0.247 e. The molecule has 0 radical (unpaired) electrons. The summed E-state index contributed by atoms with van der Waals surface area (Å²) in [5, 5.41) is 5.23. The third-order valence-electron chi connectivity index (χ3n) is 6.66. The van der Waals surface area contributed by atoms with Gasteiger partial charge in [-0.05, 0) is 59.7 Å². The molecule has 3 aromatic rings. The van der Waals surface area contributed by atoms with Crippen molar-refractivity contribution in [2.45, 2.75) is 57.2 Å². The van der Waals surface area contributed by atoms with E-state index in [1.165, 1.54) is 6.42 Å². The Hall–Kier alpha value is -3.32. The summed E-state index contributed by atoms with van der Waals surface area (Å²) in [5.74, 6) is 1.18. The molecule has 1 saturated carbocycles. The maximum Gasteiger partial charge on any atom is 0.247 e. The third-order valence-corrected chi connectivity index (χ3v) is 7.53. The number of amides is 2. The van der Waals surface area contributed by atoms with Gasteiger partial charge in [0.15, 0.2) is 0 Å². The molecule has 1 fully saturated rings. The molecule has 1 aliphatic rings. The summed E-state index contributed by atoms with van der Waals surface area (Å²) in [6.45, 7) is 0.288. The van der Waals surface area contributed by atoms with Gasteiger partial charge in [0.25, 0.3) is 0 Å². The highest BCUT2D eigenvalue weighted by Crippen LogP contribution is 2.29. The van der Waals surface area contributed by atoms with Gasteiger partial charge in [0.2, 0.25) is 11.8 Å². The number of carbonyl (C=O) groups is 2. The third kappa shape index (κ3) is 6.66. The summed E-state index contributed by atoms with van der Waals surface area (Å²) in [6.07, 6.45) is 5.62. The predicted molar refractivity (Wildman–Crippen MR) is 142 cm³/mol. The molecular weight excluding hydrogens is 472 g/mol. The Morgan fingerprint density at radius 1 is 0.972 bits per heavy atom. The number of rotatable bonds is 10. The van der Waals surface area contributed by atoms with Gasteiger partial charge in [0, 0.05) is 17.5 Å². The average molecular weight is 507 g/mol. The minimum absolute atomic E-state index is 0.0973. The minimum atomic E-state index is -0.767. The number of nitrogens with one attached hydrogen (secondary N) is 1. The Labute approximate surface area is 217 Å².